The average molecular weight is 239 g/mol. The van der Waals surface area contributed by atoms with Gasteiger partial charge in [0.15, 0.2) is 0 Å². The van der Waals surface area contributed by atoms with Gasteiger partial charge in [-0.3, -0.25) is 0 Å². The van der Waals surface area contributed by atoms with E-state index in [1.54, 1.807) is 0 Å². The maximum atomic E-state index is 12.1. The molecule has 1 heterocycles. The number of piperidine rings is 1. The van der Waals surface area contributed by atoms with E-state index < -0.39 is 0 Å². The third kappa shape index (κ3) is 3.35. The van der Waals surface area contributed by atoms with Gasteiger partial charge in [-0.25, -0.2) is 4.79 Å². The molecule has 98 valence electrons. The van der Waals surface area contributed by atoms with Crippen molar-refractivity contribution in [3.8, 4) is 0 Å². The number of nitrogens with two attached hydrogens (primary N) is 1. The first-order valence-electron chi connectivity index (χ1n) is 6.98. The Labute approximate surface area is 104 Å². The number of carbonyl (C=O) groups is 1. The molecular formula is C13H25N3O. The van der Waals surface area contributed by atoms with Crippen molar-refractivity contribution in [1.29, 1.82) is 0 Å². The van der Waals surface area contributed by atoms with Gasteiger partial charge < -0.3 is 16.0 Å². The summed E-state index contributed by atoms with van der Waals surface area (Å²) in [6.07, 6.45) is 6.73. The van der Waals surface area contributed by atoms with Crippen LogP contribution >= 0.6 is 0 Å². The number of rotatable bonds is 1. The van der Waals surface area contributed by atoms with Crippen LogP contribution in [0.1, 0.15) is 45.4 Å². The largest absolute Gasteiger partial charge is 0.334 e. The van der Waals surface area contributed by atoms with E-state index in [-0.39, 0.29) is 18.1 Å². The lowest BCUT2D eigenvalue weighted by molar-refractivity contribution is 0.165. The molecule has 2 fully saturated rings. The van der Waals surface area contributed by atoms with Crippen LogP contribution in [-0.4, -0.2) is 36.1 Å². The Morgan fingerprint density at radius 3 is 2.47 bits per heavy atom. The molecule has 0 aromatic carbocycles. The first-order valence-corrected chi connectivity index (χ1v) is 6.98. The van der Waals surface area contributed by atoms with Gasteiger partial charge in [-0.05, 0) is 31.6 Å². The van der Waals surface area contributed by atoms with Crippen molar-refractivity contribution < 1.29 is 4.79 Å². The van der Waals surface area contributed by atoms with Crippen molar-refractivity contribution in [2.24, 2.45) is 11.7 Å². The zero-order chi connectivity index (χ0) is 12.3. The molecule has 2 amide bonds. The molecule has 0 radical (unpaired) electrons. The molecule has 1 aliphatic heterocycles. The van der Waals surface area contributed by atoms with E-state index in [0.717, 1.165) is 44.7 Å². The van der Waals surface area contributed by atoms with E-state index in [1.807, 2.05) is 4.90 Å². The number of urea groups is 1. The second kappa shape index (κ2) is 5.71. The number of hydrogen-bond acceptors (Lipinski definition) is 2. The number of amides is 2. The molecule has 17 heavy (non-hydrogen) atoms. The van der Waals surface area contributed by atoms with Crippen molar-refractivity contribution in [3.63, 3.8) is 0 Å². The van der Waals surface area contributed by atoms with Gasteiger partial charge in [-0.2, -0.15) is 0 Å². The van der Waals surface area contributed by atoms with Gasteiger partial charge in [-0.15, -0.1) is 0 Å². The SMILES string of the molecule is CC1CCN(C(=O)NC2CCCCC2N)CC1. The summed E-state index contributed by atoms with van der Waals surface area (Å²) in [5.74, 6) is 0.760. The number of carbonyl (C=O) groups excluding carboxylic acids is 1. The van der Waals surface area contributed by atoms with Gasteiger partial charge in [0.05, 0.1) is 0 Å². The van der Waals surface area contributed by atoms with E-state index in [0.29, 0.717) is 0 Å². The third-order valence-electron chi connectivity index (χ3n) is 4.20. The summed E-state index contributed by atoms with van der Waals surface area (Å²) in [5.41, 5.74) is 6.05. The van der Waals surface area contributed by atoms with Crippen molar-refractivity contribution in [1.82, 2.24) is 10.2 Å². The van der Waals surface area contributed by atoms with E-state index >= 15 is 0 Å². The Bertz CT molecular complexity index is 261. The van der Waals surface area contributed by atoms with Gasteiger partial charge in [0.2, 0.25) is 0 Å². The smallest absolute Gasteiger partial charge is 0.317 e. The average Bonchev–Trinajstić information content (AvgIpc) is 2.33. The number of nitrogens with one attached hydrogen (secondary N) is 1. The maximum absolute atomic E-state index is 12.1. The fourth-order valence-corrected chi connectivity index (χ4v) is 2.80. The van der Waals surface area contributed by atoms with Gasteiger partial charge in [0.25, 0.3) is 0 Å². The molecule has 2 rings (SSSR count). The Morgan fingerprint density at radius 1 is 1.18 bits per heavy atom. The highest BCUT2D eigenvalue weighted by atomic mass is 16.2. The Morgan fingerprint density at radius 2 is 1.82 bits per heavy atom. The number of nitrogens with zero attached hydrogens (tertiary/aromatic N) is 1. The lowest BCUT2D eigenvalue weighted by Crippen LogP contribution is -2.54. The first-order chi connectivity index (χ1) is 8.16. The standard InChI is InChI=1S/C13H25N3O/c1-10-6-8-16(9-7-10)13(17)15-12-5-3-2-4-11(12)14/h10-12H,2-9,14H2,1H3,(H,15,17). The van der Waals surface area contributed by atoms with Gasteiger partial charge in [0.1, 0.15) is 0 Å². The highest BCUT2D eigenvalue weighted by Gasteiger charge is 2.26. The summed E-state index contributed by atoms with van der Waals surface area (Å²) in [6, 6.07) is 0.436. The fourth-order valence-electron chi connectivity index (χ4n) is 2.80. The van der Waals surface area contributed by atoms with Crippen LogP contribution in [0, 0.1) is 5.92 Å². The number of likely N-dealkylation sites (tertiary alicyclic amines) is 1. The second-order valence-electron chi connectivity index (χ2n) is 5.67. The molecule has 1 saturated carbocycles. The normalized spacial score (nSPS) is 31.3. The highest BCUT2D eigenvalue weighted by Crippen LogP contribution is 2.19. The molecule has 2 aliphatic rings. The van der Waals surface area contributed by atoms with Crippen LogP contribution in [0.25, 0.3) is 0 Å². The quantitative estimate of drug-likeness (QED) is 0.731. The zero-order valence-electron chi connectivity index (χ0n) is 10.8. The molecule has 0 aromatic rings. The lowest BCUT2D eigenvalue weighted by atomic mass is 9.91. The fraction of sp³-hybridized carbons (Fsp3) is 0.923. The molecule has 0 aromatic heterocycles. The summed E-state index contributed by atoms with van der Waals surface area (Å²) in [5, 5.41) is 3.12. The molecule has 4 heteroatoms. The third-order valence-corrected chi connectivity index (χ3v) is 4.20. The monoisotopic (exact) mass is 239 g/mol. The Kier molecular flexibility index (Phi) is 4.26. The second-order valence-corrected chi connectivity index (χ2v) is 5.67. The molecule has 1 aliphatic carbocycles. The van der Waals surface area contributed by atoms with Crippen LogP contribution in [0.4, 0.5) is 4.79 Å². The molecule has 4 nitrogen and oxygen atoms in total. The molecule has 0 spiro atoms. The molecule has 3 N–H and O–H groups in total. The van der Waals surface area contributed by atoms with Crippen LogP contribution in [0.3, 0.4) is 0 Å². The molecule has 1 saturated heterocycles. The van der Waals surface area contributed by atoms with E-state index in [1.165, 1.54) is 12.8 Å². The van der Waals surface area contributed by atoms with Crippen molar-refractivity contribution in [2.75, 3.05) is 13.1 Å². The topological polar surface area (TPSA) is 58.4 Å². The minimum absolute atomic E-state index is 0.0965. The first kappa shape index (κ1) is 12.7. The molecule has 2 atom stereocenters. The van der Waals surface area contributed by atoms with Crippen molar-refractivity contribution in [2.45, 2.75) is 57.5 Å². The van der Waals surface area contributed by atoms with Gasteiger partial charge in [-0.1, -0.05) is 19.8 Å². The van der Waals surface area contributed by atoms with Crippen LogP contribution in [0.15, 0.2) is 0 Å². The van der Waals surface area contributed by atoms with Crippen molar-refractivity contribution in [3.05, 3.63) is 0 Å². The van der Waals surface area contributed by atoms with E-state index in [4.69, 9.17) is 5.73 Å². The van der Waals surface area contributed by atoms with Crippen LogP contribution in [-0.2, 0) is 0 Å². The van der Waals surface area contributed by atoms with Crippen molar-refractivity contribution >= 4 is 6.03 Å². The maximum Gasteiger partial charge on any atom is 0.317 e. The predicted molar refractivity (Wildman–Crippen MR) is 68.7 cm³/mol. The minimum Gasteiger partial charge on any atom is -0.334 e. The number of hydrogen-bond donors (Lipinski definition) is 2. The van der Waals surface area contributed by atoms with E-state index in [9.17, 15) is 4.79 Å². The molecular weight excluding hydrogens is 214 g/mol. The summed E-state index contributed by atoms with van der Waals surface area (Å²) in [6.45, 7) is 4.05. The lowest BCUT2D eigenvalue weighted by Gasteiger charge is -2.34. The summed E-state index contributed by atoms with van der Waals surface area (Å²) in [4.78, 5) is 14.0. The molecule has 0 bridgehead atoms. The van der Waals surface area contributed by atoms with Gasteiger partial charge >= 0.3 is 6.03 Å². The predicted octanol–water partition coefficient (Wildman–Crippen LogP) is 1.70. The van der Waals surface area contributed by atoms with E-state index in [2.05, 4.69) is 12.2 Å². The summed E-state index contributed by atoms with van der Waals surface area (Å²) < 4.78 is 0. The minimum atomic E-state index is 0.0965. The highest BCUT2D eigenvalue weighted by molar-refractivity contribution is 5.74. The summed E-state index contributed by atoms with van der Waals surface area (Å²) >= 11 is 0. The van der Waals surface area contributed by atoms with Crippen LogP contribution < -0.4 is 11.1 Å². The van der Waals surface area contributed by atoms with Crippen LogP contribution in [0.5, 0.6) is 0 Å². The summed E-state index contributed by atoms with van der Waals surface area (Å²) in [7, 11) is 0. The Hall–Kier alpha value is -0.770. The Balaban J connectivity index is 1.79. The van der Waals surface area contributed by atoms with Crippen LogP contribution in [0.2, 0.25) is 0 Å². The molecule has 2 unspecified atom stereocenters. The van der Waals surface area contributed by atoms with Gasteiger partial charge in [0, 0.05) is 25.2 Å². The zero-order valence-corrected chi connectivity index (χ0v) is 10.8.